The van der Waals surface area contributed by atoms with Crippen molar-refractivity contribution in [3.05, 3.63) is 0 Å². The normalized spacial score (nSPS) is 18.1. The van der Waals surface area contributed by atoms with Crippen LogP contribution in [0.5, 0.6) is 0 Å². The van der Waals surface area contributed by atoms with Gasteiger partial charge < -0.3 is 15.5 Å². The van der Waals surface area contributed by atoms with E-state index in [4.69, 9.17) is 5.73 Å². The third kappa shape index (κ3) is 4.49. The molecule has 1 rings (SSSR count). The first-order valence-electron chi connectivity index (χ1n) is 7.16. The van der Waals surface area contributed by atoms with Crippen LogP contribution < -0.4 is 5.73 Å². The summed E-state index contributed by atoms with van der Waals surface area (Å²) >= 11 is 0. The van der Waals surface area contributed by atoms with Gasteiger partial charge in [-0.15, -0.1) is 0 Å². The maximum Gasteiger partial charge on any atom is 0.239 e. The molecule has 1 atom stereocenters. The van der Waals surface area contributed by atoms with Gasteiger partial charge in [0.1, 0.15) is 0 Å². The lowest BCUT2D eigenvalue weighted by molar-refractivity contribution is -0.142. The molecule has 1 heterocycles. The van der Waals surface area contributed by atoms with Gasteiger partial charge in [0.25, 0.3) is 0 Å². The van der Waals surface area contributed by atoms with E-state index < -0.39 is 6.04 Å². The standard InChI is InChI=1S/C14H27N3O2/c1-10(2)9-12(15)14(19)17-7-5-16(6-8-17)13(18)11(3)4/h10-12H,5-9,15H2,1-4H3/t12-/m1/s1. The van der Waals surface area contributed by atoms with Crippen molar-refractivity contribution in [1.82, 2.24) is 9.80 Å². The van der Waals surface area contributed by atoms with Crippen LogP contribution in [-0.4, -0.2) is 53.8 Å². The van der Waals surface area contributed by atoms with Crippen LogP contribution in [0.1, 0.15) is 34.1 Å². The van der Waals surface area contributed by atoms with Crippen LogP contribution in [-0.2, 0) is 9.59 Å². The Morgan fingerprint density at radius 1 is 0.947 bits per heavy atom. The van der Waals surface area contributed by atoms with Crippen molar-refractivity contribution in [1.29, 1.82) is 0 Å². The Morgan fingerprint density at radius 3 is 1.74 bits per heavy atom. The molecule has 2 amide bonds. The van der Waals surface area contributed by atoms with Crippen molar-refractivity contribution < 1.29 is 9.59 Å². The van der Waals surface area contributed by atoms with Crippen LogP contribution in [0.25, 0.3) is 0 Å². The molecule has 19 heavy (non-hydrogen) atoms. The first-order valence-corrected chi connectivity index (χ1v) is 7.16. The second kappa shape index (κ2) is 6.89. The molecule has 5 nitrogen and oxygen atoms in total. The molecule has 0 aromatic heterocycles. The van der Waals surface area contributed by atoms with Gasteiger partial charge in [0, 0.05) is 32.1 Å². The minimum absolute atomic E-state index is 0.0188. The number of carbonyl (C=O) groups is 2. The lowest BCUT2D eigenvalue weighted by Crippen LogP contribution is -2.55. The molecule has 1 saturated heterocycles. The highest BCUT2D eigenvalue weighted by Crippen LogP contribution is 2.10. The summed E-state index contributed by atoms with van der Waals surface area (Å²) in [6.45, 7) is 10.4. The Balaban J connectivity index is 2.45. The summed E-state index contributed by atoms with van der Waals surface area (Å²) in [6, 6.07) is -0.410. The molecule has 2 N–H and O–H groups in total. The molecule has 0 aromatic carbocycles. The molecule has 110 valence electrons. The van der Waals surface area contributed by atoms with Gasteiger partial charge in [0.05, 0.1) is 6.04 Å². The molecule has 0 bridgehead atoms. The number of nitrogens with two attached hydrogens (primary N) is 1. The molecular weight excluding hydrogens is 242 g/mol. The molecule has 0 spiro atoms. The maximum atomic E-state index is 12.1. The number of carbonyl (C=O) groups excluding carboxylic acids is 2. The second-order valence-corrected chi connectivity index (χ2v) is 6.04. The second-order valence-electron chi connectivity index (χ2n) is 6.04. The third-order valence-electron chi connectivity index (χ3n) is 3.44. The zero-order chi connectivity index (χ0) is 14.6. The highest BCUT2D eigenvalue weighted by Gasteiger charge is 2.28. The zero-order valence-electron chi connectivity index (χ0n) is 12.6. The van der Waals surface area contributed by atoms with E-state index in [2.05, 4.69) is 13.8 Å². The average Bonchev–Trinajstić information content (AvgIpc) is 2.36. The molecule has 0 unspecified atom stereocenters. The maximum absolute atomic E-state index is 12.1. The van der Waals surface area contributed by atoms with Crippen LogP contribution in [0.4, 0.5) is 0 Å². The van der Waals surface area contributed by atoms with Gasteiger partial charge in [-0.1, -0.05) is 27.7 Å². The van der Waals surface area contributed by atoms with E-state index in [0.717, 1.165) is 0 Å². The molecule has 1 aliphatic rings. The quantitative estimate of drug-likeness (QED) is 0.816. The van der Waals surface area contributed by atoms with E-state index in [1.807, 2.05) is 18.7 Å². The fraction of sp³-hybridized carbons (Fsp3) is 0.857. The number of hydrogen-bond donors (Lipinski definition) is 1. The monoisotopic (exact) mass is 269 g/mol. The molecule has 5 heteroatoms. The molecular formula is C14H27N3O2. The van der Waals surface area contributed by atoms with Gasteiger partial charge in [-0.25, -0.2) is 0 Å². The summed E-state index contributed by atoms with van der Waals surface area (Å²) in [6.07, 6.45) is 0.712. The summed E-state index contributed by atoms with van der Waals surface area (Å²) in [5.41, 5.74) is 5.92. The Kier molecular flexibility index (Phi) is 5.79. The van der Waals surface area contributed by atoms with Gasteiger partial charge in [-0.05, 0) is 12.3 Å². The number of nitrogens with zero attached hydrogens (tertiary/aromatic N) is 2. The average molecular weight is 269 g/mol. The predicted octanol–water partition coefficient (Wildman–Crippen LogP) is 0.687. The Morgan fingerprint density at radius 2 is 1.37 bits per heavy atom. The highest BCUT2D eigenvalue weighted by atomic mass is 16.2. The van der Waals surface area contributed by atoms with Gasteiger partial charge in [0.2, 0.25) is 11.8 Å². The lowest BCUT2D eigenvalue weighted by atomic mass is 10.0. The highest BCUT2D eigenvalue weighted by molar-refractivity contribution is 5.82. The van der Waals surface area contributed by atoms with Gasteiger partial charge in [0.15, 0.2) is 0 Å². The molecule has 0 aliphatic carbocycles. The van der Waals surface area contributed by atoms with Crippen LogP contribution in [0.3, 0.4) is 0 Å². The first-order chi connectivity index (χ1) is 8.82. The van der Waals surface area contributed by atoms with E-state index >= 15 is 0 Å². The minimum Gasteiger partial charge on any atom is -0.339 e. The topological polar surface area (TPSA) is 66.6 Å². The molecule has 0 aromatic rings. The summed E-state index contributed by atoms with van der Waals surface area (Å²) in [4.78, 5) is 27.6. The minimum atomic E-state index is -0.410. The summed E-state index contributed by atoms with van der Waals surface area (Å²) in [5.74, 6) is 0.622. The zero-order valence-corrected chi connectivity index (χ0v) is 12.6. The molecule has 0 radical (unpaired) electrons. The number of amides is 2. The van der Waals surface area contributed by atoms with Crippen molar-refractivity contribution in [2.24, 2.45) is 17.6 Å². The number of piperazine rings is 1. The van der Waals surface area contributed by atoms with Gasteiger partial charge in [-0.3, -0.25) is 9.59 Å². The Hall–Kier alpha value is -1.10. The number of rotatable bonds is 4. The van der Waals surface area contributed by atoms with Crippen LogP contribution in [0, 0.1) is 11.8 Å². The van der Waals surface area contributed by atoms with Gasteiger partial charge >= 0.3 is 0 Å². The molecule has 0 saturated carbocycles. The predicted molar refractivity (Wildman–Crippen MR) is 75.4 cm³/mol. The number of hydrogen-bond acceptors (Lipinski definition) is 3. The van der Waals surface area contributed by atoms with Crippen LogP contribution in [0.15, 0.2) is 0 Å². The third-order valence-corrected chi connectivity index (χ3v) is 3.44. The van der Waals surface area contributed by atoms with E-state index in [9.17, 15) is 9.59 Å². The van der Waals surface area contributed by atoms with Crippen molar-refractivity contribution in [2.45, 2.75) is 40.2 Å². The smallest absolute Gasteiger partial charge is 0.239 e. The van der Waals surface area contributed by atoms with Crippen molar-refractivity contribution in [2.75, 3.05) is 26.2 Å². The Bertz CT molecular complexity index is 321. The fourth-order valence-corrected chi connectivity index (χ4v) is 2.36. The van der Waals surface area contributed by atoms with E-state index in [-0.39, 0.29) is 17.7 Å². The summed E-state index contributed by atoms with van der Waals surface area (Å²) < 4.78 is 0. The van der Waals surface area contributed by atoms with Crippen molar-refractivity contribution in [3.63, 3.8) is 0 Å². The van der Waals surface area contributed by atoms with E-state index in [1.54, 1.807) is 4.90 Å². The molecule has 1 aliphatic heterocycles. The SMILES string of the molecule is CC(C)C[C@@H](N)C(=O)N1CCN(C(=O)C(C)C)CC1. The first kappa shape index (κ1) is 16.0. The Labute approximate surface area is 116 Å². The van der Waals surface area contributed by atoms with Crippen molar-refractivity contribution in [3.8, 4) is 0 Å². The molecule has 1 fully saturated rings. The van der Waals surface area contributed by atoms with Gasteiger partial charge in [-0.2, -0.15) is 0 Å². The lowest BCUT2D eigenvalue weighted by Gasteiger charge is -2.36. The largest absolute Gasteiger partial charge is 0.339 e. The van der Waals surface area contributed by atoms with Crippen molar-refractivity contribution >= 4 is 11.8 Å². The van der Waals surface area contributed by atoms with Crippen LogP contribution >= 0.6 is 0 Å². The summed E-state index contributed by atoms with van der Waals surface area (Å²) in [5, 5.41) is 0. The van der Waals surface area contributed by atoms with Crippen LogP contribution in [0.2, 0.25) is 0 Å². The van der Waals surface area contributed by atoms with E-state index in [0.29, 0.717) is 38.5 Å². The summed E-state index contributed by atoms with van der Waals surface area (Å²) in [7, 11) is 0. The van der Waals surface area contributed by atoms with E-state index in [1.165, 1.54) is 0 Å². The fourth-order valence-electron chi connectivity index (χ4n) is 2.36.